The molecule has 0 N–H and O–H groups in total. The number of aryl methyl sites for hydroxylation is 4. The van der Waals surface area contributed by atoms with Gasteiger partial charge in [0.2, 0.25) is 0 Å². The second kappa shape index (κ2) is 7.61. The van der Waals surface area contributed by atoms with Crippen molar-refractivity contribution in [2.45, 2.75) is 34.6 Å². The maximum absolute atomic E-state index is 12.8. The molecule has 0 spiro atoms. The Kier molecular flexibility index (Phi) is 5.39. The molecular formula is C22H21BrN4O. The van der Waals surface area contributed by atoms with Gasteiger partial charge in [0.1, 0.15) is 11.6 Å². The molecule has 5 nitrogen and oxygen atoms in total. The second-order valence-electron chi connectivity index (χ2n) is 6.91. The molecule has 6 heteroatoms. The lowest BCUT2D eigenvalue weighted by molar-refractivity contribution is 0.0943. The van der Waals surface area contributed by atoms with Gasteiger partial charge in [-0.1, -0.05) is 22.0 Å². The van der Waals surface area contributed by atoms with E-state index < -0.39 is 5.91 Å². The number of nitrogens with zero attached hydrogens (tertiary/aromatic N) is 4. The molecule has 2 aromatic heterocycles. The minimum absolute atomic E-state index is 0.0523. The van der Waals surface area contributed by atoms with Crippen molar-refractivity contribution >= 4 is 27.9 Å². The smallest absolute Gasteiger partial charge is 0.289 e. The summed E-state index contributed by atoms with van der Waals surface area (Å²) in [6.07, 6.45) is 1.64. The molecule has 0 saturated heterocycles. The zero-order valence-corrected chi connectivity index (χ0v) is 18.1. The molecule has 3 aromatic rings. The summed E-state index contributed by atoms with van der Waals surface area (Å²) in [6.45, 7) is 9.65. The molecule has 0 fully saturated rings. The average molecular weight is 437 g/mol. The Morgan fingerprint density at radius 3 is 2.39 bits per heavy atom. The van der Waals surface area contributed by atoms with Crippen LogP contribution >= 0.6 is 15.9 Å². The van der Waals surface area contributed by atoms with Gasteiger partial charge < -0.3 is 4.57 Å². The van der Waals surface area contributed by atoms with Crippen LogP contribution in [0.4, 0.5) is 0 Å². The van der Waals surface area contributed by atoms with Crippen LogP contribution < -0.4 is 0 Å². The molecule has 0 unspecified atom stereocenters. The van der Waals surface area contributed by atoms with E-state index in [-0.39, 0.29) is 5.57 Å². The standard InChI is InChI=1S/C22H21BrN4O/c1-13-6-7-20(11-21(13)23)26-15(3)9-18(17(26)5)10-19(12-24)22(28)27-16(4)8-14(2)25-27/h6-11H,1-5H3/b19-10+. The third-order valence-corrected chi connectivity index (χ3v) is 5.59. The summed E-state index contributed by atoms with van der Waals surface area (Å²) in [5.41, 5.74) is 6.50. The first kappa shape index (κ1) is 19.8. The van der Waals surface area contributed by atoms with Crippen molar-refractivity contribution in [3.63, 3.8) is 0 Å². The van der Waals surface area contributed by atoms with Crippen molar-refractivity contribution in [3.8, 4) is 11.8 Å². The average Bonchev–Trinajstić information content (AvgIpc) is 3.12. The predicted molar refractivity (Wildman–Crippen MR) is 114 cm³/mol. The molecule has 0 saturated carbocycles. The topological polar surface area (TPSA) is 63.6 Å². The maximum atomic E-state index is 12.8. The summed E-state index contributed by atoms with van der Waals surface area (Å²) in [7, 11) is 0. The highest BCUT2D eigenvalue weighted by Gasteiger charge is 2.17. The van der Waals surface area contributed by atoms with E-state index in [4.69, 9.17) is 0 Å². The van der Waals surface area contributed by atoms with Crippen LogP contribution in [0.15, 0.2) is 40.4 Å². The number of carbonyl (C=O) groups excluding carboxylic acids is 1. The van der Waals surface area contributed by atoms with E-state index in [9.17, 15) is 10.1 Å². The van der Waals surface area contributed by atoms with Crippen LogP contribution in [0.1, 0.15) is 38.7 Å². The largest absolute Gasteiger partial charge is 0.318 e. The van der Waals surface area contributed by atoms with E-state index in [1.165, 1.54) is 4.68 Å². The van der Waals surface area contributed by atoms with Crippen LogP contribution in [0.2, 0.25) is 0 Å². The molecule has 0 bridgehead atoms. The van der Waals surface area contributed by atoms with Gasteiger partial charge in [0.25, 0.3) is 5.91 Å². The van der Waals surface area contributed by atoms with Crippen LogP contribution in [0.25, 0.3) is 11.8 Å². The van der Waals surface area contributed by atoms with Crippen molar-refractivity contribution in [2.24, 2.45) is 0 Å². The van der Waals surface area contributed by atoms with E-state index in [2.05, 4.69) is 43.8 Å². The second-order valence-corrected chi connectivity index (χ2v) is 7.76. The number of hydrogen-bond acceptors (Lipinski definition) is 3. The van der Waals surface area contributed by atoms with Gasteiger partial charge in [-0.05, 0) is 76.1 Å². The SMILES string of the molecule is Cc1cc(C)n(C(=O)/C(C#N)=C/c2cc(C)n(-c3ccc(C)c(Br)c3)c2C)n1. The number of nitriles is 1. The number of benzene rings is 1. The molecule has 0 atom stereocenters. The zero-order valence-electron chi connectivity index (χ0n) is 16.5. The fraction of sp³-hybridized carbons (Fsp3) is 0.227. The minimum atomic E-state index is -0.420. The summed E-state index contributed by atoms with van der Waals surface area (Å²) >= 11 is 3.58. The van der Waals surface area contributed by atoms with Crippen molar-refractivity contribution < 1.29 is 4.79 Å². The summed E-state index contributed by atoms with van der Waals surface area (Å²) in [6, 6.07) is 12.0. The fourth-order valence-corrected chi connectivity index (χ4v) is 3.66. The molecule has 0 radical (unpaired) electrons. The first-order chi connectivity index (χ1) is 13.2. The van der Waals surface area contributed by atoms with Gasteiger partial charge in [0, 0.05) is 27.2 Å². The first-order valence-corrected chi connectivity index (χ1v) is 9.67. The number of aromatic nitrogens is 3. The number of allylic oxidation sites excluding steroid dienone is 1. The highest BCUT2D eigenvalue weighted by molar-refractivity contribution is 9.10. The third-order valence-electron chi connectivity index (χ3n) is 4.74. The van der Waals surface area contributed by atoms with Gasteiger partial charge in [0.05, 0.1) is 5.69 Å². The van der Waals surface area contributed by atoms with Crippen LogP contribution in [0.3, 0.4) is 0 Å². The highest BCUT2D eigenvalue weighted by atomic mass is 79.9. The van der Waals surface area contributed by atoms with Gasteiger partial charge in [-0.2, -0.15) is 10.4 Å². The number of halogens is 1. The van der Waals surface area contributed by atoms with Crippen LogP contribution in [-0.2, 0) is 0 Å². The molecule has 0 aliphatic rings. The Hall–Kier alpha value is -2.91. The lowest BCUT2D eigenvalue weighted by atomic mass is 10.1. The van der Waals surface area contributed by atoms with Crippen LogP contribution in [0.5, 0.6) is 0 Å². The lowest BCUT2D eigenvalue weighted by Gasteiger charge is -2.11. The van der Waals surface area contributed by atoms with E-state index in [0.717, 1.165) is 38.4 Å². The van der Waals surface area contributed by atoms with Crippen LogP contribution in [-0.4, -0.2) is 20.3 Å². The maximum Gasteiger partial charge on any atom is 0.289 e. The molecule has 28 heavy (non-hydrogen) atoms. The van der Waals surface area contributed by atoms with Crippen molar-refractivity contribution in [3.05, 3.63) is 74.3 Å². The monoisotopic (exact) mass is 436 g/mol. The molecule has 3 rings (SSSR count). The Morgan fingerprint density at radius 2 is 1.82 bits per heavy atom. The van der Waals surface area contributed by atoms with Gasteiger partial charge in [-0.3, -0.25) is 4.79 Å². The molecule has 1 aromatic carbocycles. The van der Waals surface area contributed by atoms with Gasteiger partial charge >= 0.3 is 0 Å². The molecule has 0 amide bonds. The first-order valence-electron chi connectivity index (χ1n) is 8.88. The van der Waals surface area contributed by atoms with E-state index in [0.29, 0.717) is 5.69 Å². The van der Waals surface area contributed by atoms with E-state index >= 15 is 0 Å². The molecular weight excluding hydrogens is 416 g/mol. The summed E-state index contributed by atoms with van der Waals surface area (Å²) < 4.78 is 4.42. The number of hydrogen-bond donors (Lipinski definition) is 0. The Labute approximate surface area is 173 Å². The fourth-order valence-electron chi connectivity index (χ4n) is 3.30. The van der Waals surface area contributed by atoms with Crippen LogP contribution in [0, 0.1) is 45.9 Å². The predicted octanol–water partition coefficient (Wildman–Crippen LogP) is 5.23. The molecule has 0 aliphatic heterocycles. The number of carbonyl (C=O) groups is 1. The summed E-state index contributed by atoms with van der Waals surface area (Å²) in [4.78, 5) is 12.8. The molecule has 2 heterocycles. The molecule has 0 aliphatic carbocycles. The highest BCUT2D eigenvalue weighted by Crippen LogP contribution is 2.26. The van der Waals surface area contributed by atoms with E-state index in [1.54, 1.807) is 13.0 Å². The van der Waals surface area contributed by atoms with E-state index in [1.807, 2.05) is 45.9 Å². The molecule has 142 valence electrons. The van der Waals surface area contributed by atoms with Crippen molar-refractivity contribution in [1.29, 1.82) is 5.26 Å². The van der Waals surface area contributed by atoms with Crippen molar-refractivity contribution in [1.82, 2.24) is 14.3 Å². The third kappa shape index (κ3) is 3.58. The lowest BCUT2D eigenvalue weighted by Crippen LogP contribution is -2.15. The Balaban J connectivity index is 2.06. The van der Waals surface area contributed by atoms with Crippen molar-refractivity contribution in [2.75, 3.05) is 0 Å². The summed E-state index contributed by atoms with van der Waals surface area (Å²) in [5, 5.41) is 13.8. The summed E-state index contributed by atoms with van der Waals surface area (Å²) in [5.74, 6) is -0.420. The normalized spacial score (nSPS) is 11.5. The zero-order chi connectivity index (χ0) is 20.6. The van der Waals surface area contributed by atoms with Gasteiger partial charge in [-0.15, -0.1) is 0 Å². The Bertz CT molecular complexity index is 1160. The van der Waals surface area contributed by atoms with Gasteiger partial charge in [-0.25, -0.2) is 4.68 Å². The Morgan fingerprint density at radius 1 is 1.11 bits per heavy atom. The quantitative estimate of drug-likeness (QED) is 0.417. The van der Waals surface area contributed by atoms with Gasteiger partial charge in [0.15, 0.2) is 0 Å². The minimum Gasteiger partial charge on any atom is -0.318 e. The number of rotatable bonds is 3.